The number of hydrogen-bond donors (Lipinski definition) is 1. The zero-order valence-corrected chi connectivity index (χ0v) is 20.6. The summed E-state index contributed by atoms with van der Waals surface area (Å²) in [6.07, 6.45) is 6.72. The normalized spacial score (nSPS) is 14.1. The molecule has 1 N–H and O–H groups in total. The molecular formula is C29H28ClN4O. The lowest BCUT2D eigenvalue weighted by Gasteiger charge is -2.32. The molecular weight excluding hydrogens is 456 g/mol. The van der Waals surface area contributed by atoms with Crippen molar-refractivity contribution in [3.63, 3.8) is 0 Å². The molecule has 1 aliphatic carbocycles. The van der Waals surface area contributed by atoms with E-state index in [-0.39, 0.29) is 5.91 Å². The highest BCUT2D eigenvalue weighted by Crippen LogP contribution is 2.26. The monoisotopic (exact) mass is 483 g/mol. The van der Waals surface area contributed by atoms with Crippen LogP contribution in [0, 0.1) is 6.07 Å². The van der Waals surface area contributed by atoms with Gasteiger partial charge in [0.2, 0.25) is 0 Å². The first-order valence-corrected chi connectivity index (χ1v) is 12.5. The van der Waals surface area contributed by atoms with Gasteiger partial charge in [-0.05, 0) is 53.4 Å². The third-order valence-corrected chi connectivity index (χ3v) is 6.90. The summed E-state index contributed by atoms with van der Waals surface area (Å²) >= 11 is 6.30. The molecule has 6 heteroatoms. The first-order valence-electron chi connectivity index (χ1n) is 12.1. The molecule has 0 aliphatic heterocycles. The van der Waals surface area contributed by atoms with Crippen LogP contribution >= 0.6 is 11.6 Å². The molecule has 35 heavy (non-hydrogen) atoms. The van der Waals surface area contributed by atoms with Crippen molar-refractivity contribution in [1.29, 1.82) is 0 Å². The quantitative estimate of drug-likeness (QED) is 0.310. The maximum atomic E-state index is 12.7. The van der Waals surface area contributed by atoms with E-state index in [2.05, 4.69) is 28.3 Å². The van der Waals surface area contributed by atoms with Gasteiger partial charge in [-0.3, -0.25) is 4.79 Å². The summed E-state index contributed by atoms with van der Waals surface area (Å²) in [5, 5.41) is 5.48. The summed E-state index contributed by atoms with van der Waals surface area (Å²) in [7, 11) is 2.07. The topological polar surface area (TPSA) is 58.1 Å². The van der Waals surface area contributed by atoms with Gasteiger partial charge in [-0.15, -0.1) is 0 Å². The molecule has 0 unspecified atom stereocenters. The van der Waals surface area contributed by atoms with Gasteiger partial charge in [0, 0.05) is 30.8 Å². The SMILES string of the molecule is CN(c1[c]c(Cl)nc(Cc2ccc(NC(=O)c3ccc4ccccc4c3)cc2)n1)C1CCCCC1. The van der Waals surface area contributed by atoms with Crippen LogP contribution in [0.2, 0.25) is 5.15 Å². The highest BCUT2D eigenvalue weighted by Gasteiger charge is 2.20. The third-order valence-electron chi connectivity index (χ3n) is 6.72. The molecule has 1 saturated carbocycles. The number of fused-ring (bicyclic) bond motifs is 1. The van der Waals surface area contributed by atoms with Gasteiger partial charge in [-0.25, -0.2) is 9.97 Å². The Morgan fingerprint density at radius 3 is 2.51 bits per heavy atom. The number of aromatic nitrogens is 2. The second kappa shape index (κ2) is 10.4. The summed E-state index contributed by atoms with van der Waals surface area (Å²) in [5.74, 6) is 1.29. The highest BCUT2D eigenvalue weighted by atomic mass is 35.5. The van der Waals surface area contributed by atoms with E-state index in [1.165, 1.54) is 32.1 Å². The molecule has 1 heterocycles. The van der Waals surface area contributed by atoms with Crippen LogP contribution in [0.5, 0.6) is 0 Å². The molecule has 1 aliphatic rings. The number of nitrogens with zero attached hydrogens (tertiary/aromatic N) is 3. The van der Waals surface area contributed by atoms with Gasteiger partial charge < -0.3 is 10.2 Å². The minimum absolute atomic E-state index is 0.132. The fourth-order valence-electron chi connectivity index (χ4n) is 4.72. The molecule has 177 valence electrons. The van der Waals surface area contributed by atoms with Gasteiger partial charge >= 0.3 is 0 Å². The first-order chi connectivity index (χ1) is 17.0. The van der Waals surface area contributed by atoms with Crippen molar-refractivity contribution in [3.8, 4) is 0 Å². The summed E-state index contributed by atoms with van der Waals surface area (Å²) in [6.45, 7) is 0. The fraction of sp³-hybridized carbons (Fsp3) is 0.276. The standard InChI is InChI=1S/C29H28ClN4O/c1-34(25-9-3-2-4-10-25)28-19-26(30)32-27(33-28)17-20-11-15-24(16-12-20)31-29(35)23-14-13-21-7-5-6-8-22(21)18-23/h5-8,11-16,18,25H,2-4,9-10,17H2,1H3,(H,31,35). The van der Waals surface area contributed by atoms with Crippen molar-refractivity contribution in [2.45, 2.75) is 44.6 Å². The molecule has 3 aromatic carbocycles. The lowest BCUT2D eigenvalue weighted by atomic mass is 9.94. The molecule has 5 rings (SSSR count). The van der Waals surface area contributed by atoms with Crippen LogP contribution in [-0.4, -0.2) is 29.0 Å². The van der Waals surface area contributed by atoms with Crippen LogP contribution in [0.1, 0.15) is 53.8 Å². The number of halogens is 1. The van der Waals surface area contributed by atoms with Crippen LogP contribution in [0.3, 0.4) is 0 Å². The van der Waals surface area contributed by atoms with E-state index < -0.39 is 0 Å². The zero-order chi connectivity index (χ0) is 24.2. The Labute approximate surface area is 211 Å². The summed E-state index contributed by atoms with van der Waals surface area (Å²) in [4.78, 5) is 24.1. The largest absolute Gasteiger partial charge is 0.356 e. The number of hydrogen-bond acceptors (Lipinski definition) is 4. The van der Waals surface area contributed by atoms with E-state index in [9.17, 15) is 4.79 Å². The lowest BCUT2D eigenvalue weighted by molar-refractivity contribution is 0.102. The summed E-state index contributed by atoms with van der Waals surface area (Å²) in [6, 6.07) is 25.1. The first kappa shape index (κ1) is 23.3. The van der Waals surface area contributed by atoms with E-state index in [0.29, 0.717) is 29.0 Å². The summed E-state index contributed by atoms with van der Waals surface area (Å²) < 4.78 is 0. The minimum Gasteiger partial charge on any atom is -0.356 e. The lowest BCUT2D eigenvalue weighted by Crippen LogP contribution is -2.34. The molecule has 1 radical (unpaired) electrons. The van der Waals surface area contributed by atoms with Gasteiger partial charge in [0.1, 0.15) is 16.8 Å². The molecule has 1 fully saturated rings. The molecule has 1 aromatic heterocycles. The minimum atomic E-state index is -0.132. The van der Waals surface area contributed by atoms with Crippen molar-refractivity contribution in [3.05, 3.63) is 94.9 Å². The van der Waals surface area contributed by atoms with Crippen molar-refractivity contribution >= 4 is 39.8 Å². The summed E-state index contributed by atoms with van der Waals surface area (Å²) in [5.41, 5.74) is 2.41. The molecule has 0 saturated heterocycles. The Balaban J connectivity index is 1.25. The second-order valence-electron chi connectivity index (χ2n) is 9.17. The fourth-order valence-corrected chi connectivity index (χ4v) is 4.90. The maximum absolute atomic E-state index is 12.7. The van der Waals surface area contributed by atoms with E-state index in [4.69, 9.17) is 16.6 Å². The van der Waals surface area contributed by atoms with Gasteiger partial charge in [0.05, 0.1) is 6.07 Å². The molecule has 0 bridgehead atoms. The Bertz CT molecular complexity index is 1330. The van der Waals surface area contributed by atoms with Crippen LogP contribution < -0.4 is 10.2 Å². The number of carbonyl (C=O) groups excluding carboxylic acids is 1. The zero-order valence-electron chi connectivity index (χ0n) is 19.8. The number of amides is 1. The average Bonchev–Trinajstić information content (AvgIpc) is 2.89. The van der Waals surface area contributed by atoms with E-state index in [0.717, 1.165) is 27.8 Å². The van der Waals surface area contributed by atoms with Crippen molar-refractivity contribution in [2.24, 2.45) is 0 Å². The van der Waals surface area contributed by atoms with Crippen molar-refractivity contribution in [2.75, 3.05) is 17.3 Å². The Morgan fingerprint density at radius 1 is 1.00 bits per heavy atom. The van der Waals surface area contributed by atoms with Crippen molar-refractivity contribution < 1.29 is 4.79 Å². The van der Waals surface area contributed by atoms with E-state index in [1.807, 2.05) is 66.7 Å². The van der Waals surface area contributed by atoms with Gasteiger partial charge in [-0.2, -0.15) is 0 Å². The Hall–Kier alpha value is -3.44. The van der Waals surface area contributed by atoms with Crippen molar-refractivity contribution in [1.82, 2.24) is 9.97 Å². The van der Waals surface area contributed by atoms with E-state index in [1.54, 1.807) is 0 Å². The van der Waals surface area contributed by atoms with Crippen LogP contribution in [-0.2, 0) is 6.42 Å². The number of nitrogens with one attached hydrogen (secondary N) is 1. The average molecular weight is 484 g/mol. The van der Waals surface area contributed by atoms with Crippen LogP contribution in [0.25, 0.3) is 10.8 Å². The molecule has 0 atom stereocenters. The van der Waals surface area contributed by atoms with Gasteiger partial charge in [0.25, 0.3) is 5.91 Å². The van der Waals surface area contributed by atoms with Gasteiger partial charge in [0.15, 0.2) is 0 Å². The highest BCUT2D eigenvalue weighted by molar-refractivity contribution is 6.29. The van der Waals surface area contributed by atoms with Crippen LogP contribution in [0.15, 0.2) is 66.7 Å². The van der Waals surface area contributed by atoms with Gasteiger partial charge in [-0.1, -0.05) is 73.3 Å². The third kappa shape index (κ3) is 5.63. The molecule has 4 aromatic rings. The second-order valence-corrected chi connectivity index (χ2v) is 9.53. The Kier molecular flexibility index (Phi) is 6.96. The predicted octanol–water partition coefficient (Wildman–Crippen LogP) is 6.70. The molecule has 0 spiro atoms. The number of anilines is 2. The molecule has 1 amide bonds. The number of carbonyl (C=O) groups is 1. The maximum Gasteiger partial charge on any atom is 0.255 e. The number of benzene rings is 3. The molecule has 5 nitrogen and oxygen atoms in total. The smallest absolute Gasteiger partial charge is 0.255 e. The van der Waals surface area contributed by atoms with Crippen LogP contribution in [0.4, 0.5) is 11.5 Å². The Morgan fingerprint density at radius 2 is 1.74 bits per heavy atom. The predicted molar refractivity (Wildman–Crippen MR) is 142 cm³/mol. The van der Waals surface area contributed by atoms with E-state index >= 15 is 0 Å². The number of rotatable bonds is 6.